The van der Waals surface area contributed by atoms with E-state index >= 15 is 0 Å². The molecule has 0 radical (unpaired) electrons. The van der Waals surface area contributed by atoms with Crippen LogP contribution in [0.3, 0.4) is 0 Å². The number of carbonyl (C=O) groups excluding carboxylic acids is 1. The van der Waals surface area contributed by atoms with Gasteiger partial charge in [-0.15, -0.1) is 10.2 Å². The molecule has 5 nitrogen and oxygen atoms in total. The van der Waals surface area contributed by atoms with E-state index in [2.05, 4.69) is 10.2 Å². The number of ketones is 1. The molecule has 0 atom stereocenters. The summed E-state index contributed by atoms with van der Waals surface area (Å²) in [5, 5.41) is 9.83. The Hall–Kier alpha value is -2.31. The van der Waals surface area contributed by atoms with Gasteiger partial charge in [0.15, 0.2) is 11.0 Å². The lowest BCUT2D eigenvalue weighted by Gasteiger charge is -2.12. The lowest BCUT2D eigenvalue weighted by atomic mass is 10.2. The van der Waals surface area contributed by atoms with Crippen molar-refractivity contribution in [1.82, 2.24) is 14.8 Å². The number of thioether (sulfide) groups is 1. The van der Waals surface area contributed by atoms with Crippen molar-refractivity contribution >= 4 is 29.1 Å². The highest BCUT2D eigenvalue weighted by molar-refractivity contribution is 7.99. The number of Topliss-reactive ketones (excluding diaryl/α,β-unsaturated/α-hetero) is 1. The summed E-state index contributed by atoms with van der Waals surface area (Å²) in [4.78, 5) is 11.4. The van der Waals surface area contributed by atoms with Crippen molar-refractivity contribution in [2.45, 2.75) is 19.0 Å². The van der Waals surface area contributed by atoms with Crippen molar-refractivity contribution in [3.63, 3.8) is 0 Å². The summed E-state index contributed by atoms with van der Waals surface area (Å²) in [5.74, 6) is 1.83. The van der Waals surface area contributed by atoms with Crippen LogP contribution in [0.25, 0.3) is 17.1 Å². The zero-order valence-corrected chi connectivity index (χ0v) is 16.0. The number of hydrogen-bond acceptors (Lipinski definition) is 5. The van der Waals surface area contributed by atoms with Crippen molar-refractivity contribution in [3.8, 4) is 22.8 Å². The van der Waals surface area contributed by atoms with Gasteiger partial charge >= 0.3 is 0 Å². The van der Waals surface area contributed by atoms with Gasteiger partial charge in [0.1, 0.15) is 11.5 Å². The Labute approximate surface area is 161 Å². The average molecular weight is 388 g/mol. The molecule has 0 aliphatic rings. The van der Waals surface area contributed by atoms with Crippen LogP contribution in [0.4, 0.5) is 0 Å². The standard InChI is InChI=1S/C19H18ClN3O2S/c1-3-25-15-10-8-14(9-11-15)23-18(16-6-4-5-7-17(16)20)21-22-19(23)26-12-13(2)24/h4-11H,3,12H2,1-2H3. The molecular formula is C19H18ClN3O2S. The molecule has 1 aromatic heterocycles. The molecule has 2 aromatic carbocycles. The summed E-state index contributed by atoms with van der Waals surface area (Å²) in [6, 6.07) is 15.2. The highest BCUT2D eigenvalue weighted by Gasteiger charge is 2.18. The topological polar surface area (TPSA) is 57.0 Å². The van der Waals surface area contributed by atoms with Crippen LogP contribution < -0.4 is 4.74 Å². The zero-order chi connectivity index (χ0) is 18.5. The zero-order valence-electron chi connectivity index (χ0n) is 14.5. The summed E-state index contributed by atoms with van der Waals surface area (Å²) in [6.07, 6.45) is 0. The molecular weight excluding hydrogens is 370 g/mol. The fourth-order valence-electron chi connectivity index (χ4n) is 2.44. The van der Waals surface area contributed by atoms with Crippen molar-refractivity contribution in [2.24, 2.45) is 0 Å². The molecule has 134 valence electrons. The van der Waals surface area contributed by atoms with Gasteiger partial charge in [-0.3, -0.25) is 9.36 Å². The van der Waals surface area contributed by atoms with Crippen LogP contribution in [-0.4, -0.2) is 32.9 Å². The monoisotopic (exact) mass is 387 g/mol. The van der Waals surface area contributed by atoms with Crippen LogP contribution in [0.5, 0.6) is 5.75 Å². The normalized spacial score (nSPS) is 10.7. The van der Waals surface area contributed by atoms with Crippen LogP contribution in [0, 0.1) is 0 Å². The van der Waals surface area contributed by atoms with Crippen LogP contribution in [0.2, 0.25) is 5.02 Å². The third kappa shape index (κ3) is 4.08. The molecule has 0 aliphatic carbocycles. The van der Waals surface area contributed by atoms with Gasteiger partial charge in [0.05, 0.1) is 17.4 Å². The van der Waals surface area contributed by atoms with E-state index in [0.717, 1.165) is 17.0 Å². The Bertz CT molecular complexity index is 909. The Balaban J connectivity index is 2.08. The number of benzene rings is 2. The molecule has 0 aliphatic heterocycles. The van der Waals surface area contributed by atoms with Gasteiger partial charge in [-0.2, -0.15) is 0 Å². The van der Waals surface area contributed by atoms with E-state index in [-0.39, 0.29) is 5.78 Å². The predicted molar refractivity (Wildman–Crippen MR) is 104 cm³/mol. The molecule has 7 heteroatoms. The molecule has 3 rings (SSSR count). The van der Waals surface area contributed by atoms with Crippen LogP contribution in [0.1, 0.15) is 13.8 Å². The SMILES string of the molecule is CCOc1ccc(-n2c(SCC(C)=O)nnc2-c2ccccc2Cl)cc1. The first-order valence-corrected chi connectivity index (χ1v) is 9.52. The van der Waals surface area contributed by atoms with Gasteiger partial charge in [-0.05, 0) is 50.2 Å². The lowest BCUT2D eigenvalue weighted by Crippen LogP contribution is -2.02. The van der Waals surface area contributed by atoms with E-state index in [9.17, 15) is 4.79 Å². The maximum atomic E-state index is 11.4. The minimum absolute atomic E-state index is 0.0792. The maximum absolute atomic E-state index is 11.4. The fourth-order valence-corrected chi connectivity index (χ4v) is 3.41. The molecule has 0 saturated carbocycles. The highest BCUT2D eigenvalue weighted by atomic mass is 35.5. The van der Waals surface area contributed by atoms with E-state index in [1.165, 1.54) is 11.8 Å². The van der Waals surface area contributed by atoms with Gasteiger partial charge in [-0.25, -0.2) is 0 Å². The van der Waals surface area contributed by atoms with Crippen molar-refractivity contribution in [3.05, 3.63) is 53.6 Å². The van der Waals surface area contributed by atoms with Crippen LogP contribution in [0.15, 0.2) is 53.7 Å². The van der Waals surface area contributed by atoms with Crippen LogP contribution in [-0.2, 0) is 4.79 Å². The number of halogens is 1. The number of ether oxygens (including phenoxy) is 1. The largest absolute Gasteiger partial charge is 0.494 e. The molecule has 3 aromatic rings. The Morgan fingerprint density at radius 1 is 1.15 bits per heavy atom. The average Bonchev–Trinajstić information content (AvgIpc) is 3.05. The quantitative estimate of drug-likeness (QED) is 0.551. The lowest BCUT2D eigenvalue weighted by molar-refractivity contribution is -0.114. The van der Waals surface area contributed by atoms with E-state index in [1.807, 2.05) is 60.0 Å². The molecule has 0 fully saturated rings. The fraction of sp³-hybridized carbons (Fsp3) is 0.211. The summed E-state index contributed by atoms with van der Waals surface area (Å²) in [5.41, 5.74) is 1.66. The molecule has 0 bridgehead atoms. The molecule has 1 heterocycles. The van der Waals surface area contributed by atoms with Crippen LogP contribution >= 0.6 is 23.4 Å². The molecule has 0 unspecified atom stereocenters. The smallest absolute Gasteiger partial charge is 0.196 e. The highest BCUT2D eigenvalue weighted by Crippen LogP contribution is 2.32. The minimum atomic E-state index is 0.0792. The Morgan fingerprint density at radius 2 is 1.88 bits per heavy atom. The first-order valence-electron chi connectivity index (χ1n) is 8.16. The molecule has 0 spiro atoms. The van der Waals surface area contributed by atoms with Gasteiger partial charge in [-0.1, -0.05) is 35.5 Å². The van der Waals surface area contributed by atoms with Gasteiger partial charge < -0.3 is 4.74 Å². The summed E-state index contributed by atoms with van der Waals surface area (Å²) >= 11 is 7.71. The molecule has 26 heavy (non-hydrogen) atoms. The third-order valence-corrected chi connectivity index (χ3v) is 4.96. The van der Waals surface area contributed by atoms with E-state index in [1.54, 1.807) is 6.92 Å². The van der Waals surface area contributed by atoms with E-state index < -0.39 is 0 Å². The molecule has 0 amide bonds. The predicted octanol–water partition coefficient (Wildman–Crippen LogP) is 4.67. The van der Waals surface area contributed by atoms with Gasteiger partial charge in [0, 0.05) is 11.3 Å². The molecule has 0 saturated heterocycles. The summed E-state index contributed by atoms with van der Waals surface area (Å²) in [7, 11) is 0. The van der Waals surface area contributed by atoms with Crippen molar-refractivity contribution in [2.75, 3.05) is 12.4 Å². The summed E-state index contributed by atoms with van der Waals surface area (Å²) < 4.78 is 7.42. The second-order valence-electron chi connectivity index (χ2n) is 5.54. The first kappa shape index (κ1) is 18.5. The number of nitrogens with zero attached hydrogens (tertiary/aromatic N) is 3. The van der Waals surface area contributed by atoms with Gasteiger partial charge in [0.25, 0.3) is 0 Å². The summed E-state index contributed by atoms with van der Waals surface area (Å²) in [6.45, 7) is 4.11. The van der Waals surface area contributed by atoms with Crippen molar-refractivity contribution < 1.29 is 9.53 Å². The number of hydrogen-bond donors (Lipinski definition) is 0. The minimum Gasteiger partial charge on any atom is -0.494 e. The maximum Gasteiger partial charge on any atom is 0.196 e. The Morgan fingerprint density at radius 3 is 2.54 bits per heavy atom. The van der Waals surface area contributed by atoms with E-state index in [4.69, 9.17) is 16.3 Å². The second-order valence-corrected chi connectivity index (χ2v) is 6.89. The van der Waals surface area contributed by atoms with Gasteiger partial charge in [0.2, 0.25) is 0 Å². The second kappa shape index (κ2) is 8.38. The van der Waals surface area contributed by atoms with Crippen molar-refractivity contribution in [1.29, 1.82) is 0 Å². The number of rotatable bonds is 7. The number of aromatic nitrogens is 3. The first-order chi connectivity index (χ1) is 12.6. The van der Waals surface area contributed by atoms with E-state index in [0.29, 0.717) is 28.4 Å². The Kier molecular flexibility index (Phi) is 5.96. The third-order valence-electron chi connectivity index (χ3n) is 3.56. The number of carbonyl (C=O) groups is 1. The molecule has 0 N–H and O–H groups in total.